The molecule has 0 atom stereocenters. The van der Waals surface area contributed by atoms with Crippen LogP contribution in [0.2, 0.25) is 0 Å². The first-order valence-electron chi connectivity index (χ1n) is 15.7. The molecule has 2 aromatic heterocycles. The van der Waals surface area contributed by atoms with Gasteiger partial charge in [0, 0.05) is 38.6 Å². The molecule has 0 saturated carbocycles. The van der Waals surface area contributed by atoms with Crippen LogP contribution in [0.25, 0.3) is 72.8 Å². The van der Waals surface area contributed by atoms with E-state index in [9.17, 15) is 0 Å². The third-order valence-electron chi connectivity index (χ3n) is 9.46. The quantitative estimate of drug-likeness (QED) is 0.205. The first-order valence-corrected chi connectivity index (χ1v) is 15.7. The average molecular weight is 591 g/mol. The van der Waals surface area contributed by atoms with E-state index in [4.69, 9.17) is 15.0 Å². The Kier molecular flexibility index (Phi) is 5.81. The van der Waals surface area contributed by atoms with Gasteiger partial charge >= 0.3 is 0 Å². The summed E-state index contributed by atoms with van der Waals surface area (Å²) < 4.78 is 2.33. The van der Waals surface area contributed by atoms with E-state index in [0.717, 1.165) is 22.4 Å². The van der Waals surface area contributed by atoms with Crippen molar-refractivity contribution in [3.63, 3.8) is 0 Å². The Labute approximate surface area is 267 Å². The molecule has 218 valence electrons. The Morgan fingerprint density at radius 3 is 1.76 bits per heavy atom. The summed E-state index contributed by atoms with van der Waals surface area (Å²) in [7, 11) is 0. The van der Waals surface area contributed by atoms with Crippen molar-refractivity contribution < 1.29 is 0 Å². The van der Waals surface area contributed by atoms with Crippen molar-refractivity contribution in [2.45, 2.75) is 19.3 Å². The molecule has 4 nitrogen and oxygen atoms in total. The number of nitrogens with zero attached hydrogens (tertiary/aromatic N) is 4. The van der Waals surface area contributed by atoms with Crippen LogP contribution in [-0.2, 0) is 5.41 Å². The van der Waals surface area contributed by atoms with Crippen LogP contribution in [0.1, 0.15) is 25.0 Å². The molecule has 0 unspecified atom stereocenters. The minimum absolute atomic E-state index is 0.114. The smallest absolute Gasteiger partial charge is 0.164 e. The summed E-state index contributed by atoms with van der Waals surface area (Å²) in [5.41, 5.74) is 11.3. The molecule has 0 saturated heterocycles. The highest BCUT2D eigenvalue weighted by Gasteiger charge is 2.37. The number of benzene rings is 6. The number of fused-ring (bicyclic) bond motifs is 6. The number of para-hydroxylation sites is 2. The minimum atomic E-state index is -0.114. The van der Waals surface area contributed by atoms with Crippen LogP contribution in [0.3, 0.4) is 0 Å². The van der Waals surface area contributed by atoms with Crippen molar-refractivity contribution in [2.75, 3.05) is 0 Å². The maximum Gasteiger partial charge on any atom is 0.164 e. The highest BCUT2D eigenvalue weighted by atomic mass is 15.0. The van der Waals surface area contributed by atoms with Gasteiger partial charge in [0.25, 0.3) is 0 Å². The molecule has 1 aliphatic carbocycles. The normalized spacial score (nSPS) is 13.2. The summed E-state index contributed by atoms with van der Waals surface area (Å²) >= 11 is 0. The van der Waals surface area contributed by atoms with Gasteiger partial charge in [0.15, 0.2) is 17.5 Å². The summed E-state index contributed by atoms with van der Waals surface area (Å²) in [4.78, 5) is 15.4. The van der Waals surface area contributed by atoms with Crippen LogP contribution in [-0.4, -0.2) is 19.5 Å². The second-order valence-corrected chi connectivity index (χ2v) is 12.5. The Hall–Kier alpha value is -5.87. The zero-order valence-electron chi connectivity index (χ0n) is 25.6. The van der Waals surface area contributed by atoms with E-state index in [0.29, 0.717) is 17.5 Å². The molecule has 0 aliphatic heterocycles. The van der Waals surface area contributed by atoms with Crippen LogP contribution in [0.5, 0.6) is 0 Å². The van der Waals surface area contributed by atoms with Crippen LogP contribution in [0, 0.1) is 0 Å². The van der Waals surface area contributed by atoms with E-state index in [-0.39, 0.29) is 5.41 Å². The lowest BCUT2D eigenvalue weighted by molar-refractivity contribution is 0.660. The second-order valence-electron chi connectivity index (χ2n) is 12.5. The molecule has 0 fully saturated rings. The van der Waals surface area contributed by atoms with Crippen molar-refractivity contribution in [3.8, 4) is 51.0 Å². The number of hydrogen-bond acceptors (Lipinski definition) is 3. The molecule has 0 spiro atoms. The van der Waals surface area contributed by atoms with E-state index < -0.39 is 0 Å². The molecule has 1 aliphatic rings. The predicted octanol–water partition coefficient (Wildman–Crippen LogP) is 10.3. The molecule has 2 heterocycles. The van der Waals surface area contributed by atoms with Crippen LogP contribution >= 0.6 is 0 Å². The zero-order chi connectivity index (χ0) is 30.8. The Balaban J connectivity index is 1.27. The van der Waals surface area contributed by atoms with Crippen LogP contribution in [0.4, 0.5) is 0 Å². The number of hydrogen-bond donors (Lipinski definition) is 0. The van der Waals surface area contributed by atoms with E-state index in [1.54, 1.807) is 0 Å². The van der Waals surface area contributed by atoms with E-state index in [1.807, 2.05) is 18.2 Å². The summed E-state index contributed by atoms with van der Waals surface area (Å²) in [6, 6.07) is 51.2. The van der Waals surface area contributed by atoms with E-state index in [2.05, 4.69) is 146 Å². The van der Waals surface area contributed by atoms with E-state index in [1.165, 1.54) is 44.1 Å². The maximum absolute atomic E-state index is 5.21. The molecule has 46 heavy (non-hydrogen) atoms. The highest BCUT2D eigenvalue weighted by molar-refractivity contribution is 6.09. The Bertz CT molecular complexity index is 2400. The van der Waals surface area contributed by atoms with Crippen molar-refractivity contribution >= 4 is 21.8 Å². The fraction of sp³-hybridized carbons (Fsp3) is 0.0714. The third kappa shape index (κ3) is 3.97. The number of aromatic nitrogens is 4. The summed E-state index contributed by atoms with van der Waals surface area (Å²) in [5.74, 6) is 1.98. The van der Waals surface area contributed by atoms with Gasteiger partial charge in [-0.15, -0.1) is 0 Å². The monoisotopic (exact) mass is 590 g/mol. The SMILES string of the molecule is CC1(C)c2ccccc2-c2c(-c3nc(-c4ccccc4)nc(-c4cccc(-n5c6ccccc6c6ccccc65)c4)n3)cccc21. The van der Waals surface area contributed by atoms with Gasteiger partial charge < -0.3 is 4.57 Å². The summed E-state index contributed by atoms with van der Waals surface area (Å²) in [5, 5.41) is 2.47. The van der Waals surface area contributed by atoms with Crippen molar-refractivity contribution in [2.24, 2.45) is 0 Å². The van der Waals surface area contributed by atoms with Crippen molar-refractivity contribution in [1.29, 1.82) is 0 Å². The van der Waals surface area contributed by atoms with Gasteiger partial charge in [0.05, 0.1) is 11.0 Å². The molecular weight excluding hydrogens is 560 g/mol. The molecule has 6 aromatic carbocycles. The first-order chi connectivity index (χ1) is 22.6. The largest absolute Gasteiger partial charge is 0.309 e. The lowest BCUT2D eigenvalue weighted by atomic mass is 9.82. The molecule has 9 rings (SSSR count). The van der Waals surface area contributed by atoms with Gasteiger partial charge in [0.1, 0.15) is 0 Å². The fourth-order valence-corrected chi connectivity index (χ4v) is 7.27. The zero-order valence-corrected chi connectivity index (χ0v) is 25.6. The minimum Gasteiger partial charge on any atom is -0.309 e. The van der Waals surface area contributed by atoms with Gasteiger partial charge in [-0.3, -0.25) is 0 Å². The molecule has 4 heteroatoms. The summed E-state index contributed by atoms with van der Waals surface area (Å²) in [6.45, 7) is 4.60. The molecule has 0 amide bonds. The lowest BCUT2D eigenvalue weighted by Crippen LogP contribution is -2.14. The molecule has 0 radical (unpaired) electrons. The van der Waals surface area contributed by atoms with Gasteiger partial charge in [0.2, 0.25) is 0 Å². The van der Waals surface area contributed by atoms with Crippen LogP contribution < -0.4 is 0 Å². The van der Waals surface area contributed by atoms with Gasteiger partial charge in [-0.05, 0) is 46.5 Å². The molecule has 0 N–H and O–H groups in total. The van der Waals surface area contributed by atoms with Gasteiger partial charge in [-0.2, -0.15) is 0 Å². The van der Waals surface area contributed by atoms with Gasteiger partial charge in [-0.1, -0.05) is 135 Å². The molecule has 0 bridgehead atoms. The average Bonchev–Trinajstić information content (AvgIpc) is 3.57. The van der Waals surface area contributed by atoms with Crippen molar-refractivity contribution in [1.82, 2.24) is 19.5 Å². The standard InChI is InChI=1S/C42H30N4/c1-42(2)34-22-9-6-20-32(34)38-33(21-13-23-35(38)42)41-44-39(27-14-4-3-5-15-27)43-40(45-41)28-16-12-17-29(26-28)46-36-24-10-7-18-30(36)31-19-8-11-25-37(31)46/h3-26H,1-2H3. The summed E-state index contributed by atoms with van der Waals surface area (Å²) in [6.07, 6.45) is 0. The van der Waals surface area contributed by atoms with Crippen molar-refractivity contribution in [3.05, 3.63) is 157 Å². The second kappa shape index (κ2) is 10.1. The fourth-order valence-electron chi connectivity index (χ4n) is 7.27. The Morgan fingerprint density at radius 2 is 1.00 bits per heavy atom. The first kappa shape index (κ1) is 26.5. The van der Waals surface area contributed by atoms with Gasteiger partial charge in [-0.25, -0.2) is 15.0 Å². The molecule has 8 aromatic rings. The Morgan fingerprint density at radius 1 is 0.457 bits per heavy atom. The van der Waals surface area contributed by atoms with Crippen LogP contribution in [0.15, 0.2) is 146 Å². The number of rotatable bonds is 4. The maximum atomic E-state index is 5.21. The lowest BCUT2D eigenvalue weighted by Gasteiger charge is -2.21. The topological polar surface area (TPSA) is 43.6 Å². The van der Waals surface area contributed by atoms with E-state index >= 15 is 0 Å². The molecular formula is C42H30N4. The third-order valence-corrected chi connectivity index (χ3v) is 9.46. The highest BCUT2D eigenvalue weighted by Crippen LogP contribution is 2.51. The predicted molar refractivity (Wildman–Crippen MR) is 188 cm³/mol.